The van der Waals surface area contributed by atoms with Gasteiger partial charge in [0.25, 0.3) is 0 Å². The Kier molecular flexibility index (Phi) is 7.63. The zero-order valence-electron chi connectivity index (χ0n) is 8.47. The summed E-state index contributed by atoms with van der Waals surface area (Å²) in [6, 6.07) is 0.277. The quantitative estimate of drug-likeness (QED) is 0.521. The molecule has 3 N–H and O–H groups in total. The molecule has 4 nitrogen and oxygen atoms in total. The summed E-state index contributed by atoms with van der Waals surface area (Å²) in [4.78, 5) is 11.0. The third kappa shape index (κ3) is 7.74. The largest absolute Gasteiger partial charge is 0.396 e. The molecule has 78 valence electrons. The average molecular weight is 188 g/mol. The van der Waals surface area contributed by atoms with Gasteiger partial charge in [-0.25, -0.2) is 0 Å². The highest BCUT2D eigenvalue weighted by molar-refractivity contribution is 5.75. The van der Waals surface area contributed by atoms with E-state index in [1.807, 2.05) is 13.8 Å². The Balaban J connectivity index is 3.28. The van der Waals surface area contributed by atoms with Gasteiger partial charge in [0, 0.05) is 32.2 Å². The fourth-order valence-corrected chi connectivity index (χ4v) is 1.01. The predicted octanol–water partition coefficient (Wildman–Crippen LogP) is -0.127. The van der Waals surface area contributed by atoms with Crippen LogP contribution in [0.3, 0.4) is 0 Å². The van der Waals surface area contributed by atoms with Crippen LogP contribution < -0.4 is 10.6 Å². The molecule has 0 rings (SSSR count). The lowest BCUT2D eigenvalue weighted by Gasteiger charge is -2.11. The Morgan fingerprint density at radius 3 is 2.77 bits per heavy atom. The molecule has 1 unspecified atom stereocenters. The summed E-state index contributed by atoms with van der Waals surface area (Å²) in [6.07, 6.45) is 1.24. The van der Waals surface area contributed by atoms with Crippen LogP contribution in [0.1, 0.15) is 26.7 Å². The van der Waals surface area contributed by atoms with Gasteiger partial charge in [-0.05, 0) is 20.3 Å². The van der Waals surface area contributed by atoms with Crippen molar-refractivity contribution >= 4 is 5.91 Å². The van der Waals surface area contributed by atoms with Crippen LogP contribution in [0, 0.1) is 0 Å². The molecule has 0 aliphatic rings. The van der Waals surface area contributed by atoms with E-state index in [-0.39, 0.29) is 18.6 Å². The minimum absolute atomic E-state index is 0.0752. The molecule has 0 heterocycles. The van der Waals surface area contributed by atoms with E-state index in [0.717, 1.165) is 6.42 Å². The first-order valence-electron chi connectivity index (χ1n) is 4.81. The number of hydrogen-bond donors (Lipinski definition) is 3. The van der Waals surface area contributed by atoms with Gasteiger partial charge in [-0.2, -0.15) is 0 Å². The fourth-order valence-electron chi connectivity index (χ4n) is 1.01. The smallest absolute Gasteiger partial charge is 0.221 e. The van der Waals surface area contributed by atoms with E-state index in [9.17, 15) is 4.79 Å². The lowest BCUT2D eigenvalue weighted by atomic mass is 10.2. The van der Waals surface area contributed by atoms with Crippen LogP contribution >= 0.6 is 0 Å². The van der Waals surface area contributed by atoms with Crippen LogP contribution in [-0.2, 0) is 4.79 Å². The molecule has 0 spiro atoms. The number of carbonyl (C=O) groups is 1. The first-order valence-corrected chi connectivity index (χ1v) is 4.81. The molecule has 0 fully saturated rings. The number of hydrogen-bond acceptors (Lipinski definition) is 3. The van der Waals surface area contributed by atoms with E-state index in [0.29, 0.717) is 19.5 Å². The second-order valence-electron chi connectivity index (χ2n) is 3.07. The Morgan fingerprint density at radius 1 is 1.54 bits per heavy atom. The van der Waals surface area contributed by atoms with Crippen LogP contribution in [0.15, 0.2) is 0 Å². The lowest BCUT2D eigenvalue weighted by molar-refractivity contribution is -0.120. The van der Waals surface area contributed by atoms with Crippen molar-refractivity contribution in [3.63, 3.8) is 0 Å². The molecule has 1 atom stereocenters. The summed E-state index contributed by atoms with van der Waals surface area (Å²) < 4.78 is 0. The van der Waals surface area contributed by atoms with Crippen molar-refractivity contribution in [2.24, 2.45) is 0 Å². The Hall–Kier alpha value is -0.610. The molecule has 0 aromatic heterocycles. The lowest BCUT2D eigenvalue weighted by Crippen LogP contribution is -2.32. The number of carbonyl (C=O) groups excluding carboxylic acids is 1. The standard InChI is InChI=1S/C9H20N2O2/c1-3-10-9(13)4-6-11-8(2)5-7-12/h8,11-12H,3-7H2,1-2H3,(H,10,13). The van der Waals surface area contributed by atoms with Gasteiger partial charge in [0.05, 0.1) is 0 Å². The van der Waals surface area contributed by atoms with E-state index in [2.05, 4.69) is 10.6 Å². The summed E-state index contributed by atoms with van der Waals surface area (Å²) in [5, 5.41) is 14.5. The molecule has 0 aliphatic carbocycles. The minimum atomic E-state index is 0.0752. The first kappa shape index (κ1) is 12.4. The maximum Gasteiger partial charge on any atom is 0.221 e. The van der Waals surface area contributed by atoms with Crippen molar-refractivity contribution in [2.45, 2.75) is 32.7 Å². The molecule has 0 aromatic carbocycles. The normalized spacial score (nSPS) is 12.5. The van der Waals surface area contributed by atoms with Gasteiger partial charge < -0.3 is 15.7 Å². The van der Waals surface area contributed by atoms with Crippen LogP contribution in [-0.4, -0.2) is 36.8 Å². The van der Waals surface area contributed by atoms with E-state index in [4.69, 9.17) is 5.11 Å². The molecule has 1 amide bonds. The fraction of sp³-hybridized carbons (Fsp3) is 0.889. The Bertz CT molecular complexity index is 140. The Labute approximate surface area is 79.7 Å². The molecule has 0 saturated carbocycles. The Morgan fingerprint density at radius 2 is 2.23 bits per heavy atom. The molecule has 13 heavy (non-hydrogen) atoms. The first-order chi connectivity index (χ1) is 6.20. The number of amides is 1. The summed E-state index contributed by atoms with van der Waals surface area (Å²) in [5.74, 6) is 0.0752. The topological polar surface area (TPSA) is 61.4 Å². The third-order valence-electron chi connectivity index (χ3n) is 1.78. The second kappa shape index (κ2) is 8.01. The monoisotopic (exact) mass is 188 g/mol. The van der Waals surface area contributed by atoms with Gasteiger partial charge in [-0.3, -0.25) is 4.79 Å². The van der Waals surface area contributed by atoms with Crippen LogP contribution in [0.4, 0.5) is 0 Å². The third-order valence-corrected chi connectivity index (χ3v) is 1.78. The van der Waals surface area contributed by atoms with Crippen molar-refractivity contribution in [2.75, 3.05) is 19.7 Å². The molecular formula is C9H20N2O2. The van der Waals surface area contributed by atoms with Crippen LogP contribution in [0.2, 0.25) is 0 Å². The molecule has 0 radical (unpaired) electrons. The van der Waals surface area contributed by atoms with Gasteiger partial charge >= 0.3 is 0 Å². The maximum atomic E-state index is 11.0. The number of aliphatic hydroxyl groups is 1. The number of nitrogens with one attached hydrogen (secondary N) is 2. The highest BCUT2D eigenvalue weighted by atomic mass is 16.3. The molecule has 0 aliphatic heterocycles. The summed E-state index contributed by atoms with van der Waals surface area (Å²) in [5.41, 5.74) is 0. The molecule has 4 heteroatoms. The number of rotatable bonds is 7. The van der Waals surface area contributed by atoms with Crippen molar-refractivity contribution in [3.8, 4) is 0 Å². The molecule has 0 aromatic rings. The molecular weight excluding hydrogens is 168 g/mol. The molecule has 0 saturated heterocycles. The zero-order chi connectivity index (χ0) is 10.1. The molecule has 0 bridgehead atoms. The van der Waals surface area contributed by atoms with E-state index in [1.165, 1.54) is 0 Å². The zero-order valence-corrected chi connectivity index (χ0v) is 8.47. The predicted molar refractivity (Wildman–Crippen MR) is 52.5 cm³/mol. The number of aliphatic hydroxyl groups excluding tert-OH is 1. The van der Waals surface area contributed by atoms with Crippen molar-refractivity contribution in [1.82, 2.24) is 10.6 Å². The van der Waals surface area contributed by atoms with E-state index >= 15 is 0 Å². The summed E-state index contributed by atoms with van der Waals surface area (Å²) in [7, 11) is 0. The SMILES string of the molecule is CCNC(=O)CCNC(C)CCO. The van der Waals surface area contributed by atoms with Crippen LogP contribution in [0.25, 0.3) is 0 Å². The minimum Gasteiger partial charge on any atom is -0.396 e. The van der Waals surface area contributed by atoms with Crippen molar-refractivity contribution in [1.29, 1.82) is 0 Å². The second-order valence-corrected chi connectivity index (χ2v) is 3.07. The van der Waals surface area contributed by atoms with Gasteiger partial charge in [0.15, 0.2) is 0 Å². The van der Waals surface area contributed by atoms with Crippen molar-refractivity contribution in [3.05, 3.63) is 0 Å². The van der Waals surface area contributed by atoms with Gasteiger partial charge in [0.2, 0.25) is 5.91 Å². The van der Waals surface area contributed by atoms with E-state index in [1.54, 1.807) is 0 Å². The highest BCUT2D eigenvalue weighted by Crippen LogP contribution is 1.88. The summed E-state index contributed by atoms with van der Waals surface area (Å²) in [6.45, 7) is 5.45. The van der Waals surface area contributed by atoms with Gasteiger partial charge in [-0.1, -0.05) is 0 Å². The van der Waals surface area contributed by atoms with Crippen LogP contribution in [0.5, 0.6) is 0 Å². The highest BCUT2D eigenvalue weighted by Gasteiger charge is 2.02. The summed E-state index contributed by atoms with van der Waals surface area (Å²) >= 11 is 0. The average Bonchev–Trinajstić information content (AvgIpc) is 2.05. The van der Waals surface area contributed by atoms with E-state index < -0.39 is 0 Å². The van der Waals surface area contributed by atoms with Gasteiger partial charge in [-0.15, -0.1) is 0 Å². The van der Waals surface area contributed by atoms with Gasteiger partial charge in [0.1, 0.15) is 0 Å². The maximum absolute atomic E-state index is 11.0. The van der Waals surface area contributed by atoms with Crippen molar-refractivity contribution < 1.29 is 9.90 Å².